The molecule has 21 heavy (non-hydrogen) atoms. The Balaban J connectivity index is 2.61. The fourth-order valence-corrected chi connectivity index (χ4v) is 3.64. The van der Waals surface area contributed by atoms with Gasteiger partial charge in [0.25, 0.3) is 0 Å². The van der Waals surface area contributed by atoms with Gasteiger partial charge in [-0.05, 0) is 30.5 Å². The van der Waals surface area contributed by atoms with Gasteiger partial charge in [-0.3, -0.25) is 0 Å². The standard InChI is InChI=1S/C12H21N3O4S2/c1-2-11(9-13)21(18,19)15-8-7-10-3-5-12(6-4-10)20(14,16)17/h3-6,11,15H,2,7-9,13H2,1H3,(H2,14,16,17). The molecule has 0 spiro atoms. The average molecular weight is 335 g/mol. The van der Waals surface area contributed by atoms with Crippen LogP contribution >= 0.6 is 0 Å². The Morgan fingerprint density at radius 2 is 1.71 bits per heavy atom. The maximum atomic E-state index is 11.9. The first-order chi connectivity index (χ1) is 9.70. The highest BCUT2D eigenvalue weighted by atomic mass is 32.2. The summed E-state index contributed by atoms with van der Waals surface area (Å²) in [4.78, 5) is 0.0287. The Morgan fingerprint density at radius 1 is 1.14 bits per heavy atom. The molecule has 7 nitrogen and oxygen atoms in total. The van der Waals surface area contributed by atoms with Crippen molar-refractivity contribution in [1.82, 2.24) is 4.72 Å². The van der Waals surface area contributed by atoms with Crippen molar-refractivity contribution in [2.45, 2.75) is 29.9 Å². The van der Waals surface area contributed by atoms with Crippen LogP contribution in [0.15, 0.2) is 29.2 Å². The van der Waals surface area contributed by atoms with E-state index in [-0.39, 0.29) is 18.0 Å². The number of hydrogen-bond acceptors (Lipinski definition) is 5. The van der Waals surface area contributed by atoms with Crippen molar-refractivity contribution < 1.29 is 16.8 Å². The van der Waals surface area contributed by atoms with E-state index in [4.69, 9.17) is 10.9 Å². The molecule has 1 unspecified atom stereocenters. The third kappa shape index (κ3) is 5.36. The largest absolute Gasteiger partial charge is 0.329 e. The molecule has 0 aromatic heterocycles. The summed E-state index contributed by atoms with van der Waals surface area (Å²) in [5.74, 6) is 0. The molecule has 0 aliphatic rings. The number of sulfonamides is 2. The van der Waals surface area contributed by atoms with Crippen LogP contribution in [-0.2, 0) is 26.5 Å². The van der Waals surface area contributed by atoms with Crippen molar-refractivity contribution >= 4 is 20.0 Å². The van der Waals surface area contributed by atoms with Crippen molar-refractivity contribution in [1.29, 1.82) is 0 Å². The molecule has 1 rings (SSSR count). The van der Waals surface area contributed by atoms with E-state index < -0.39 is 25.3 Å². The van der Waals surface area contributed by atoms with E-state index in [2.05, 4.69) is 4.72 Å². The summed E-state index contributed by atoms with van der Waals surface area (Å²) in [5.41, 5.74) is 6.23. The van der Waals surface area contributed by atoms with Gasteiger partial charge in [0.15, 0.2) is 0 Å². The number of hydrogen-bond donors (Lipinski definition) is 3. The summed E-state index contributed by atoms with van der Waals surface area (Å²) in [6, 6.07) is 6.00. The van der Waals surface area contributed by atoms with E-state index in [0.29, 0.717) is 12.8 Å². The molecule has 0 fully saturated rings. The fraction of sp³-hybridized carbons (Fsp3) is 0.500. The maximum Gasteiger partial charge on any atom is 0.238 e. The van der Waals surface area contributed by atoms with Gasteiger partial charge in [0.05, 0.1) is 10.1 Å². The molecular formula is C12H21N3O4S2. The van der Waals surface area contributed by atoms with Gasteiger partial charge in [0, 0.05) is 13.1 Å². The minimum absolute atomic E-state index is 0.0287. The minimum atomic E-state index is -3.71. The molecule has 0 aliphatic carbocycles. The lowest BCUT2D eigenvalue weighted by Crippen LogP contribution is -2.39. The Hall–Kier alpha value is -1.00. The van der Waals surface area contributed by atoms with E-state index >= 15 is 0 Å². The number of nitrogens with one attached hydrogen (secondary N) is 1. The molecule has 0 heterocycles. The second kappa shape index (κ2) is 7.32. The molecule has 5 N–H and O–H groups in total. The molecule has 1 aromatic carbocycles. The van der Waals surface area contributed by atoms with Gasteiger partial charge in [-0.1, -0.05) is 19.1 Å². The molecule has 1 aromatic rings. The third-order valence-electron chi connectivity index (χ3n) is 3.13. The molecule has 0 saturated carbocycles. The molecule has 9 heteroatoms. The molecule has 0 amide bonds. The zero-order valence-electron chi connectivity index (χ0n) is 11.8. The van der Waals surface area contributed by atoms with Gasteiger partial charge < -0.3 is 5.73 Å². The van der Waals surface area contributed by atoms with E-state index in [1.54, 1.807) is 19.1 Å². The van der Waals surface area contributed by atoms with Crippen LogP contribution in [0.3, 0.4) is 0 Å². The predicted molar refractivity (Wildman–Crippen MR) is 81.6 cm³/mol. The van der Waals surface area contributed by atoms with Crippen molar-refractivity contribution in [3.05, 3.63) is 29.8 Å². The number of nitrogens with two attached hydrogens (primary N) is 2. The zero-order chi connectivity index (χ0) is 16.1. The van der Waals surface area contributed by atoms with Gasteiger partial charge in [-0.2, -0.15) is 0 Å². The second-order valence-corrected chi connectivity index (χ2v) is 8.25. The zero-order valence-corrected chi connectivity index (χ0v) is 13.5. The van der Waals surface area contributed by atoms with Crippen molar-refractivity contribution in [2.24, 2.45) is 10.9 Å². The van der Waals surface area contributed by atoms with Gasteiger partial charge in [-0.15, -0.1) is 0 Å². The van der Waals surface area contributed by atoms with Crippen LogP contribution in [0.2, 0.25) is 0 Å². The number of benzene rings is 1. The van der Waals surface area contributed by atoms with E-state index in [1.165, 1.54) is 12.1 Å². The van der Waals surface area contributed by atoms with Crippen LogP contribution in [0.5, 0.6) is 0 Å². The SMILES string of the molecule is CCC(CN)S(=O)(=O)NCCc1ccc(S(N)(=O)=O)cc1. The first-order valence-electron chi connectivity index (χ1n) is 6.51. The molecule has 0 saturated heterocycles. The normalized spacial score (nSPS) is 14.0. The minimum Gasteiger partial charge on any atom is -0.329 e. The van der Waals surface area contributed by atoms with Crippen molar-refractivity contribution in [3.8, 4) is 0 Å². The van der Waals surface area contributed by atoms with E-state index in [0.717, 1.165) is 5.56 Å². The summed E-state index contributed by atoms with van der Waals surface area (Å²) < 4.78 is 48.5. The van der Waals surface area contributed by atoms with Gasteiger partial charge in [-0.25, -0.2) is 26.7 Å². The molecule has 0 aliphatic heterocycles. The Morgan fingerprint density at radius 3 is 2.14 bits per heavy atom. The molecule has 0 radical (unpaired) electrons. The van der Waals surface area contributed by atoms with Crippen molar-refractivity contribution in [2.75, 3.05) is 13.1 Å². The van der Waals surface area contributed by atoms with Gasteiger partial charge >= 0.3 is 0 Å². The summed E-state index contributed by atoms with van der Waals surface area (Å²) >= 11 is 0. The van der Waals surface area contributed by atoms with Crippen LogP contribution < -0.4 is 15.6 Å². The lowest BCUT2D eigenvalue weighted by molar-refractivity contribution is 0.561. The first-order valence-corrected chi connectivity index (χ1v) is 9.60. The number of primary sulfonamides is 1. The van der Waals surface area contributed by atoms with Crippen molar-refractivity contribution in [3.63, 3.8) is 0 Å². The third-order valence-corrected chi connectivity index (χ3v) is 6.07. The summed E-state index contributed by atoms with van der Waals surface area (Å²) in [5, 5.41) is 4.40. The molecular weight excluding hydrogens is 314 g/mol. The topological polar surface area (TPSA) is 132 Å². The number of rotatable bonds is 8. The predicted octanol–water partition coefficient (Wildman–Crippen LogP) is -0.467. The average Bonchev–Trinajstić information content (AvgIpc) is 2.39. The highest BCUT2D eigenvalue weighted by Crippen LogP contribution is 2.09. The highest BCUT2D eigenvalue weighted by Gasteiger charge is 2.21. The molecule has 120 valence electrons. The van der Waals surface area contributed by atoms with Crippen LogP contribution in [-0.4, -0.2) is 35.2 Å². The monoisotopic (exact) mass is 335 g/mol. The highest BCUT2D eigenvalue weighted by molar-refractivity contribution is 7.90. The molecule has 1 atom stereocenters. The van der Waals surface area contributed by atoms with Crippen LogP contribution in [0, 0.1) is 0 Å². The van der Waals surface area contributed by atoms with Gasteiger partial charge in [0.2, 0.25) is 20.0 Å². The van der Waals surface area contributed by atoms with E-state index in [1.807, 2.05) is 0 Å². The first kappa shape index (κ1) is 18.1. The summed E-state index contributed by atoms with van der Waals surface area (Å²) in [7, 11) is -7.12. The van der Waals surface area contributed by atoms with Crippen LogP contribution in [0.25, 0.3) is 0 Å². The van der Waals surface area contributed by atoms with Gasteiger partial charge in [0.1, 0.15) is 0 Å². The Labute approximate surface area is 125 Å². The lowest BCUT2D eigenvalue weighted by Gasteiger charge is -2.14. The van der Waals surface area contributed by atoms with E-state index in [9.17, 15) is 16.8 Å². The smallest absolute Gasteiger partial charge is 0.238 e. The lowest BCUT2D eigenvalue weighted by atomic mass is 10.2. The van der Waals surface area contributed by atoms with Crippen LogP contribution in [0.4, 0.5) is 0 Å². The molecule has 0 bridgehead atoms. The summed E-state index contributed by atoms with van der Waals surface area (Å²) in [6.07, 6.45) is 0.903. The Kier molecular flexibility index (Phi) is 6.29. The quantitative estimate of drug-likeness (QED) is 0.591. The fourth-order valence-electron chi connectivity index (χ4n) is 1.81. The second-order valence-electron chi connectivity index (χ2n) is 4.64. The Bertz CT molecular complexity index is 650. The maximum absolute atomic E-state index is 11.9. The van der Waals surface area contributed by atoms with Crippen LogP contribution in [0.1, 0.15) is 18.9 Å². The summed E-state index contributed by atoms with van der Waals surface area (Å²) in [6.45, 7) is 2.07.